The molecule has 2 aromatic rings. The van der Waals surface area contributed by atoms with Gasteiger partial charge in [-0.25, -0.2) is 0 Å². The van der Waals surface area contributed by atoms with E-state index >= 15 is 0 Å². The van der Waals surface area contributed by atoms with Gasteiger partial charge in [-0.15, -0.1) is 0 Å². The normalized spacial score (nSPS) is 21.7. The predicted molar refractivity (Wildman–Crippen MR) is 94.5 cm³/mol. The fraction of sp³-hybridized carbons (Fsp3) is 0.316. The fourth-order valence-corrected chi connectivity index (χ4v) is 4.27. The minimum absolute atomic E-state index is 0.0764. The lowest BCUT2D eigenvalue weighted by atomic mass is 10.1. The van der Waals surface area contributed by atoms with Crippen LogP contribution in [-0.2, 0) is 9.53 Å². The quantitative estimate of drug-likeness (QED) is 0.790. The first kappa shape index (κ1) is 16.0. The van der Waals surface area contributed by atoms with E-state index in [2.05, 4.69) is 19.6 Å². The molecule has 1 saturated heterocycles. The van der Waals surface area contributed by atoms with Gasteiger partial charge in [0.2, 0.25) is 0 Å². The van der Waals surface area contributed by atoms with Crippen LogP contribution in [0.3, 0.4) is 0 Å². The molecule has 2 aromatic carbocycles. The number of carbonyl (C=O) groups is 1. The molecular weight excluding hydrogens is 302 g/mol. The van der Waals surface area contributed by atoms with Crippen molar-refractivity contribution < 1.29 is 9.53 Å². The third kappa shape index (κ3) is 3.54. The van der Waals surface area contributed by atoms with E-state index in [0.717, 1.165) is 17.3 Å². The molecule has 1 heterocycles. The molecule has 0 spiro atoms. The Morgan fingerprint density at radius 2 is 1.43 bits per heavy atom. The van der Waals surface area contributed by atoms with Crippen molar-refractivity contribution in [1.82, 2.24) is 4.90 Å². The Morgan fingerprint density at radius 3 is 1.96 bits per heavy atom. The summed E-state index contributed by atoms with van der Waals surface area (Å²) in [7, 11) is -1.44. The summed E-state index contributed by atoms with van der Waals surface area (Å²) in [5, 5.41) is 0. The van der Waals surface area contributed by atoms with Crippen molar-refractivity contribution in [2.24, 2.45) is 0 Å². The number of amides is 1. The summed E-state index contributed by atoms with van der Waals surface area (Å²) in [6, 6.07) is 19.8. The smallest absolute Gasteiger partial charge is 0.258 e. The second-order valence-corrected chi connectivity index (χ2v) is 12.7. The van der Waals surface area contributed by atoms with Crippen molar-refractivity contribution in [2.45, 2.75) is 32.0 Å². The van der Waals surface area contributed by atoms with Crippen LogP contribution in [0.5, 0.6) is 0 Å². The molecule has 1 amide bonds. The van der Waals surface area contributed by atoms with Gasteiger partial charge in [0, 0.05) is 11.7 Å². The molecule has 1 aliphatic heterocycles. The predicted octanol–water partition coefficient (Wildman–Crippen LogP) is 4.16. The van der Waals surface area contributed by atoms with Gasteiger partial charge in [-0.3, -0.25) is 4.79 Å². The van der Waals surface area contributed by atoms with E-state index in [4.69, 9.17) is 4.74 Å². The van der Waals surface area contributed by atoms with Crippen molar-refractivity contribution in [3.05, 3.63) is 71.8 Å². The van der Waals surface area contributed by atoms with E-state index in [1.165, 1.54) is 0 Å². The first-order valence-electron chi connectivity index (χ1n) is 8.01. The van der Waals surface area contributed by atoms with Crippen LogP contribution in [0.4, 0.5) is 0 Å². The summed E-state index contributed by atoms with van der Waals surface area (Å²) < 4.78 is 6.20. The van der Waals surface area contributed by atoms with Crippen LogP contribution in [0.15, 0.2) is 60.7 Å². The molecule has 120 valence electrons. The maximum atomic E-state index is 13.0. The highest BCUT2D eigenvalue weighted by Gasteiger charge is 2.43. The van der Waals surface area contributed by atoms with E-state index < -0.39 is 14.2 Å². The largest absolute Gasteiger partial charge is 0.336 e. The van der Waals surface area contributed by atoms with Gasteiger partial charge in [-0.1, -0.05) is 80.3 Å². The molecule has 0 radical (unpaired) electrons. The average molecular weight is 325 g/mol. The van der Waals surface area contributed by atoms with Crippen LogP contribution in [-0.4, -0.2) is 25.0 Å². The van der Waals surface area contributed by atoms with Crippen LogP contribution >= 0.6 is 0 Å². The fourth-order valence-electron chi connectivity index (χ4n) is 2.92. The standard InChI is InChI=1S/C19H23NO2Si/c1-23(2,3)14-20-18(21)17(15-10-6-4-7-11-15)22-19(20)16-12-8-5-9-13-16/h4-13,17,19H,14H2,1-3H3/t17-,19+/m1/s1. The number of benzene rings is 2. The highest BCUT2D eigenvalue weighted by molar-refractivity contribution is 6.76. The highest BCUT2D eigenvalue weighted by Crippen LogP contribution is 2.39. The van der Waals surface area contributed by atoms with Crippen LogP contribution in [0.1, 0.15) is 23.5 Å². The Balaban J connectivity index is 1.95. The van der Waals surface area contributed by atoms with Gasteiger partial charge in [0.15, 0.2) is 12.3 Å². The van der Waals surface area contributed by atoms with Crippen LogP contribution in [0, 0.1) is 0 Å². The van der Waals surface area contributed by atoms with Gasteiger partial charge in [0.1, 0.15) is 0 Å². The molecule has 0 bridgehead atoms. The lowest BCUT2D eigenvalue weighted by Gasteiger charge is -2.29. The molecule has 0 aromatic heterocycles. The van der Waals surface area contributed by atoms with E-state index in [1.54, 1.807) is 0 Å². The Morgan fingerprint density at radius 1 is 0.913 bits per heavy atom. The first-order valence-corrected chi connectivity index (χ1v) is 11.7. The molecule has 23 heavy (non-hydrogen) atoms. The lowest BCUT2D eigenvalue weighted by Crippen LogP contribution is -2.42. The van der Waals surface area contributed by atoms with Crippen molar-refractivity contribution in [2.75, 3.05) is 6.17 Å². The third-order valence-corrected chi connectivity index (χ3v) is 5.18. The zero-order chi connectivity index (χ0) is 16.4. The Kier molecular flexibility index (Phi) is 4.37. The molecule has 3 rings (SSSR count). The Bertz CT molecular complexity index is 667. The van der Waals surface area contributed by atoms with Crippen molar-refractivity contribution in [1.29, 1.82) is 0 Å². The summed E-state index contributed by atoms with van der Waals surface area (Å²) in [6.45, 7) is 6.83. The maximum absolute atomic E-state index is 13.0. The van der Waals surface area contributed by atoms with Gasteiger partial charge in [-0.2, -0.15) is 0 Å². The van der Waals surface area contributed by atoms with E-state index in [-0.39, 0.29) is 12.1 Å². The molecular formula is C19H23NO2Si. The summed E-state index contributed by atoms with van der Waals surface area (Å²) in [6.07, 6.45) is 0.00717. The van der Waals surface area contributed by atoms with Gasteiger partial charge in [0.05, 0.1) is 8.07 Å². The zero-order valence-corrected chi connectivity index (χ0v) is 14.9. The van der Waals surface area contributed by atoms with E-state index in [0.29, 0.717) is 0 Å². The maximum Gasteiger partial charge on any atom is 0.258 e. The molecule has 1 aliphatic rings. The van der Waals surface area contributed by atoms with E-state index in [1.807, 2.05) is 65.6 Å². The number of hydrogen-bond acceptors (Lipinski definition) is 2. The molecule has 0 aliphatic carbocycles. The Hall–Kier alpha value is -1.91. The second-order valence-electron chi connectivity index (χ2n) is 7.22. The molecule has 0 unspecified atom stereocenters. The molecule has 4 heteroatoms. The number of hydrogen-bond donors (Lipinski definition) is 0. The molecule has 1 fully saturated rings. The van der Waals surface area contributed by atoms with Crippen molar-refractivity contribution >= 4 is 14.0 Å². The number of rotatable bonds is 4. The third-order valence-electron chi connectivity index (χ3n) is 3.89. The van der Waals surface area contributed by atoms with Gasteiger partial charge in [-0.05, 0) is 5.56 Å². The molecule has 2 atom stereocenters. The number of carbonyl (C=O) groups excluding carboxylic acids is 1. The van der Waals surface area contributed by atoms with Crippen LogP contribution in [0.2, 0.25) is 19.6 Å². The van der Waals surface area contributed by atoms with Gasteiger partial charge >= 0.3 is 0 Å². The minimum atomic E-state index is -1.44. The SMILES string of the molecule is C[Si](C)(C)CN1C(=O)[C@@H](c2ccccc2)O[C@H]1c1ccccc1. The summed E-state index contributed by atoms with van der Waals surface area (Å²) in [4.78, 5) is 14.9. The first-order chi connectivity index (χ1) is 11.0. The lowest BCUT2D eigenvalue weighted by molar-refractivity contribution is -0.129. The average Bonchev–Trinajstić information content (AvgIpc) is 2.85. The van der Waals surface area contributed by atoms with Gasteiger partial charge < -0.3 is 9.64 Å². The monoisotopic (exact) mass is 325 g/mol. The van der Waals surface area contributed by atoms with Crippen molar-refractivity contribution in [3.63, 3.8) is 0 Å². The minimum Gasteiger partial charge on any atom is -0.336 e. The van der Waals surface area contributed by atoms with Crippen molar-refractivity contribution in [3.8, 4) is 0 Å². The van der Waals surface area contributed by atoms with Gasteiger partial charge in [0.25, 0.3) is 5.91 Å². The summed E-state index contributed by atoms with van der Waals surface area (Å²) >= 11 is 0. The second kappa shape index (κ2) is 6.30. The van der Waals surface area contributed by atoms with Crippen LogP contribution < -0.4 is 0 Å². The Labute approximate surface area is 138 Å². The summed E-state index contributed by atoms with van der Waals surface area (Å²) in [5.74, 6) is 0.0764. The van der Waals surface area contributed by atoms with E-state index in [9.17, 15) is 4.79 Å². The molecule has 0 N–H and O–H groups in total. The number of ether oxygens (including phenoxy) is 1. The molecule has 3 nitrogen and oxygen atoms in total. The number of nitrogens with zero attached hydrogens (tertiary/aromatic N) is 1. The summed E-state index contributed by atoms with van der Waals surface area (Å²) in [5.41, 5.74) is 1.97. The molecule has 0 saturated carbocycles. The van der Waals surface area contributed by atoms with Crippen LogP contribution in [0.25, 0.3) is 0 Å². The highest BCUT2D eigenvalue weighted by atomic mass is 28.3. The topological polar surface area (TPSA) is 29.5 Å². The zero-order valence-electron chi connectivity index (χ0n) is 13.9.